The lowest BCUT2D eigenvalue weighted by molar-refractivity contribution is -0.120. The Labute approximate surface area is 148 Å². The second-order valence-corrected chi connectivity index (χ2v) is 8.11. The monoisotopic (exact) mass is 368 g/mol. The van der Waals surface area contributed by atoms with Crippen molar-refractivity contribution in [2.24, 2.45) is 5.92 Å². The Morgan fingerprint density at radius 3 is 2.68 bits per heavy atom. The molecule has 0 bridgehead atoms. The Morgan fingerprint density at radius 1 is 1.28 bits per heavy atom. The maximum atomic E-state index is 12.6. The Bertz CT molecular complexity index is 732. The van der Waals surface area contributed by atoms with E-state index < -0.39 is 21.9 Å². The van der Waals surface area contributed by atoms with Crippen molar-refractivity contribution in [3.63, 3.8) is 0 Å². The van der Waals surface area contributed by atoms with Crippen LogP contribution in [0.25, 0.3) is 0 Å². The predicted octanol–water partition coefficient (Wildman–Crippen LogP) is 1.86. The summed E-state index contributed by atoms with van der Waals surface area (Å²) in [4.78, 5) is 24.6. The highest BCUT2D eigenvalue weighted by atomic mass is 32.2. The molecule has 0 saturated carbocycles. The summed E-state index contributed by atoms with van der Waals surface area (Å²) in [5, 5.41) is 2.75. The van der Waals surface area contributed by atoms with Crippen LogP contribution in [0.3, 0.4) is 0 Å². The fourth-order valence-corrected chi connectivity index (χ4v) is 3.98. The first-order chi connectivity index (χ1) is 11.9. The van der Waals surface area contributed by atoms with Gasteiger partial charge in [-0.25, -0.2) is 17.5 Å². The molecule has 0 aliphatic carbocycles. The topological polar surface area (TPSA) is 92.8 Å². The van der Waals surface area contributed by atoms with Crippen LogP contribution in [0.2, 0.25) is 0 Å². The average molecular weight is 368 g/mol. The van der Waals surface area contributed by atoms with Gasteiger partial charge < -0.3 is 10.1 Å². The minimum Gasteiger partial charge on any atom is -0.462 e. The molecule has 1 N–H and O–H groups in total. The number of nitrogens with zero attached hydrogens (tertiary/aromatic N) is 1. The van der Waals surface area contributed by atoms with E-state index in [1.54, 1.807) is 38.1 Å². The number of anilines is 1. The minimum absolute atomic E-state index is 0.0209. The molecule has 0 radical (unpaired) electrons. The SMILES string of the molecule is CCOC(=O)c1ccccc1NC(=O)C1CCCN(S(=O)(=O)CC)C1. The molecule has 1 unspecified atom stereocenters. The highest BCUT2D eigenvalue weighted by Gasteiger charge is 2.31. The molecule has 1 aromatic rings. The molecule has 1 aliphatic heterocycles. The van der Waals surface area contributed by atoms with Crippen molar-refractivity contribution in [3.8, 4) is 0 Å². The molecule has 0 spiro atoms. The molecule has 1 fully saturated rings. The molecule has 8 heteroatoms. The van der Waals surface area contributed by atoms with Gasteiger partial charge in [0.15, 0.2) is 0 Å². The first-order valence-electron chi connectivity index (χ1n) is 8.43. The van der Waals surface area contributed by atoms with Crippen molar-refractivity contribution in [1.29, 1.82) is 0 Å². The van der Waals surface area contributed by atoms with Gasteiger partial charge in [0, 0.05) is 13.1 Å². The van der Waals surface area contributed by atoms with Crippen molar-refractivity contribution in [1.82, 2.24) is 4.31 Å². The molecule has 1 amide bonds. The first kappa shape index (κ1) is 19.4. The van der Waals surface area contributed by atoms with Crippen molar-refractivity contribution in [2.75, 3.05) is 30.8 Å². The van der Waals surface area contributed by atoms with E-state index in [0.29, 0.717) is 25.1 Å². The zero-order chi connectivity index (χ0) is 18.4. The summed E-state index contributed by atoms with van der Waals surface area (Å²) in [6.45, 7) is 4.16. The van der Waals surface area contributed by atoms with Crippen LogP contribution >= 0.6 is 0 Å². The lowest BCUT2D eigenvalue weighted by atomic mass is 9.98. The second kappa shape index (κ2) is 8.44. The molecule has 2 rings (SSSR count). The van der Waals surface area contributed by atoms with Gasteiger partial charge in [0.25, 0.3) is 0 Å². The number of carbonyl (C=O) groups excluding carboxylic acids is 2. The van der Waals surface area contributed by atoms with Gasteiger partial charge in [0.1, 0.15) is 0 Å². The minimum atomic E-state index is -3.31. The van der Waals surface area contributed by atoms with Crippen molar-refractivity contribution < 1.29 is 22.7 Å². The predicted molar refractivity (Wildman–Crippen MR) is 94.8 cm³/mol. The van der Waals surface area contributed by atoms with Crippen molar-refractivity contribution in [2.45, 2.75) is 26.7 Å². The number of hydrogen-bond acceptors (Lipinski definition) is 5. The van der Waals surface area contributed by atoms with Gasteiger partial charge in [-0.05, 0) is 38.8 Å². The molecule has 1 atom stereocenters. The van der Waals surface area contributed by atoms with Crippen LogP contribution in [0.5, 0.6) is 0 Å². The summed E-state index contributed by atoms with van der Waals surface area (Å²) in [6.07, 6.45) is 1.25. The van der Waals surface area contributed by atoms with Crippen LogP contribution in [0.15, 0.2) is 24.3 Å². The summed E-state index contributed by atoms with van der Waals surface area (Å²) < 4.78 is 30.4. The van der Waals surface area contributed by atoms with E-state index >= 15 is 0 Å². The quantitative estimate of drug-likeness (QED) is 0.774. The fourth-order valence-electron chi connectivity index (χ4n) is 2.81. The third kappa shape index (κ3) is 4.79. The number of para-hydroxylation sites is 1. The average Bonchev–Trinajstić information content (AvgIpc) is 2.62. The summed E-state index contributed by atoms with van der Waals surface area (Å²) in [6, 6.07) is 6.63. The normalized spacial score (nSPS) is 18.6. The molecular weight excluding hydrogens is 344 g/mol. The van der Waals surface area contributed by atoms with Crippen molar-refractivity contribution in [3.05, 3.63) is 29.8 Å². The highest BCUT2D eigenvalue weighted by molar-refractivity contribution is 7.89. The van der Waals surface area contributed by atoms with E-state index in [0.717, 1.165) is 0 Å². The number of hydrogen-bond donors (Lipinski definition) is 1. The molecule has 25 heavy (non-hydrogen) atoms. The lowest BCUT2D eigenvalue weighted by Crippen LogP contribution is -2.44. The van der Waals surface area contributed by atoms with Gasteiger partial charge >= 0.3 is 5.97 Å². The molecule has 0 aromatic heterocycles. The van der Waals surface area contributed by atoms with E-state index in [9.17, 15) is 18.0 Å². The van der Waals surface area contributed by atoms with Crippen LogP contribution < -0.4 is 5.32 Å². The number of sulfonamides is 1. The maximum absolute atomic E-state index is 12.6. The molecular formula is C17H24N2O5S. The van der Waals surface area contributed by atoms with Gasteiger partial charge in [-0.15, -0.1) is 0 Å². The van der Waals surface area contributed by atoms with Crippen molar-refractivity contribution >= 4 is 27.6 Å². The summed E-state index contributed by atoms with van der Waals surface area (Å²) in [5.41, 5.74) is 0.660. The Hall–Kier alpha value is -1.93. The van der Waals surface area contributed by atoms with Gasteiger partial charge in [-0.3, -0.25) is 4.79 Å². The number of piperidine rings is 1. The standard InChI is InChI=1S/C17H24N2O5S/c1-3-24-17(21)14-9-5-6-10-15(14)18-16(20)13-8-7-11-19(12-13)25(22,23)4-2/h5-6,9-10,13H,3-4,7-8,11-12H2,1-2H3,(H,18,20). The van der Waals surface area contributed by atoms with Crippen LogP contribution in [0.4, 0.5) is 5.69 Å². The van der Waals surface area contributed by atoms with E-state index in [2.05, 4.69) is 5.32 Å². The zero-order valence-electron chi connectivity index (χ0n) is 14.5. The van der Waals surface area contributed by atoms with E-state index in [1.165, 1.54) is 4.31 Å². The summed E-state index contributed by atoms with van der Waals surface area (Å²) in [7, 11) is -3.31. The van der Waals surface area contributed by atoms with Gasteiger partial charge in [-0.1, -0.05) is 12.1 Å². The van der Waals surface area contributed by atoms with Crippen LogP contribution in [-0.2, 0) is 19.6 Å². The molecule has 1 saturated heterocycles. The van der Waals surface area contributed by atoms with Gasteiger partial charge in [-0.2, -0.15) is 0 Å². The third-order valence-corrected chi connectivity index (χ3v) is 6.04. The number of rotatable bonds is 6. The maximum Gasteiger partial charge on any atom is 0.340 e. The van der Waals surface area contributed by atoms with Crippen LogP contribution in [0, 0.1) is 5.92 Å². The smallest absolute Gasteiger partial charge is 0.340 e. The lowest BCUT2D eigenvalue weighted by Gasteiger charge is -2.31. The van der Waals surface area contributed by atoms with E-state index in [-0.39, 0.29) is 30.4 Å². The zero-order valence-corrected chi connectivity index (χ0v) is 15.3. The highest BCUT2D eigenvalue weighted by Crippen LogP contribution is 2.23. The van der Waals surface area contributed by atoms with Gasteiger partial charge in [0.05, 0.1) is 29.5 Å². The number of carbonyl (C=O) groups is 2. The fraction of sp³-hybridized carbons (Fsp3) is 0.529. The number of esters is 1. The number of amides is 1. The number of benzene rings is 1. The number of ether oxygens (including phenoxy) is 1. The Kier molecular flexibility index (Phi) is 6.55. The second-order valence-electron chi connectivity index (χ2n) is 5.85. The molecule has 7 nitrogen and oxygen atoms in total. The molecule has 138 valence electrons. The first-order valence-corrected chi connectivity index (χ1v) is 10.0. The Morgan fingerprint density at radius 2 is 2.00 bits per heavy atom. The van der Waals surface area contributed by atoms with E-state index in [1.807, 2.05) is 0 Å². The third-order valence-electron chi connectivity index (χ3n) is 4.19. The Balaban J connectivity index is 2.11. The van der Waals surface area contributed by atoms with Crippen LogP contribution in [-0.4, -0.2) is 50.0 Å². The molecule has 1 heterocycles. The number of nitrogens with one attached hydrogen (secondary N) is 1. The summed E-state index contributed by atoms with van der Waals surface area (Å²) >= 11 is 0. The largest absolute Gasteiger partial charge is 0.462 e. The molecule has 1 aromatic carbocycles. The summed E-state index contributed by atoms with van der Waals surface area (Å²) in [5.74, 6) is -1.21. The van der Waals surface area contributed by atoms with Crippen LogP contribution in [0.1, 0.15) is 37.0 Å². The van der Waals surface area contributed by atoms with Gasteiger partial charge in [0.2, 0.25) is 15.9 Å². The molecule has 1 aliphatic rings. The van der Waals surface area contributed by atoms with E-state index in [4.69, 9.17) is 4.74 Å².